The van der Waals surface area contributed by atoms with Crippen molar-refractivity contribution in [1.29, 1.82) is 0 Å². The molecule has 0 radical (unpaired) electrons. The van der Waals surface area contributed by atoms with Crippen LogP contribution < -0.4 is 0 Å². The fourth-order valence-corrected chi connectivity index (χ4v) is 1.75. The molecule has 74 valence electrons. The highest BCUT2D eigenvalue weighted by molar-refractivity contribution is 9.10. The van der Waals surface area contributed by atoms with Gasteiger partial charge in [0.25, 0.3) is 0 Å². The third-order valence-corrected chi connectivity index (χ3v) is 2.49. The Balaban J connectivity index is 2.71. The van der Waals surface area contributed by atoms with Gasteiger partial charge in [0, 0.05) is 9.86 Å². The zero-order chi connectivity index (χ0) is 10.3. The molecular weight excluding hydrogens is 261 g/mol. The molecule has 0 amide bonds. The maximum absolute atomic E-state index is 12.4. The lowest BCUT2D eigenvalue weighted by Gasteiger charge is -2.08. The number of nitrogens with zero attached hydrogens (tertiary/aromatic N) is 1. The summed E-state index contributed by atoms with van der Waals surface area (Å²) < 4.78 is 37.3. The van der Waals surface area contributed by atoms with Gasteiger partial charge in [-0.05, 0) is 12.1 Å². The summed E-state index contributed by atoms with van der Waals surface area (Å²) in [4.78, 5) is 0. The van der Waals surface area contributed by atoms with Gasteiger partial charge >= 0.3 is 6.18 Å². The molecule has 0 unspecified atom stereocenters. The Bertz CT molecular complexity index is 475. The number of fused-ring (bicyclic) bond motifs is 1. The van der Waals surface area contributed by atoms with Crippen LogP contribution in [0.25, 0.3) is 10.9 Å². The summed E-state index contributed by atoms with van der Waals surface area (Å²) in [6.07, 6.45) is -2.98. The van der Waals surface area contributed by atoms with Crippen LogP contribution in [0.2, 0.25) is 0 Å². The van der Waals surface area contributed by atoms with Crippen molar-refractivity contribution in [3.63, 3.8) is 0 Å². The zero-order valence-electron chi connectivity index (χ0n) is 6.69. The van der Waals surface area contributed by atoms with E-state index in [9.17, 15) is 13.2 Å². The monoisotopic (exact) mass is 264 g/mol. The molecule has 0 aliphatic heterocycles. The largest absolute Gasteiger partial charge is 0.417 e. The standard InChI is InChI=1S/C8H4BrF3N2/c9-6-2-7-4(3-13-14-7)1-5(6)8(10,11)12/h1-3H,(H,13,14). The Morgan fingerprint density at radius 3 is 2.64 bits per heavy atom. The summed E-state index contributed by atoms with van der Waals surface area (Å²) in [7, 11) is 0. The van der Waals surface area contributed by atoms with Crippen LogP contribution >= 0.6 is 15.9 Å². The number of rotatable bonds is 0. The first-order chi connectivity index (χ1) is 6.48. The number of benzene rings is 1. The average Bonchev–Trinajstić information content (AvgIpc) is 2.47. The van der Waals surface area contributed by atoms with E-state index in [4.69, 9.17) is 0 Å². The van der Waals surface area contributed by atoms with E-state index < -0.39 is 11.7 Å². The first-order valence-corrected chi connectivity index (χ1v) is 4.47. The number of halogens is 4. The maximum Gasteiger partial charge on any atom is 0.417 e. The second-order valence-electron chi connectivity index (χ2n) is 2.79. The van der Waals surface area contributed by atoms with Gasteiger partial charge in [0.15, 0.2) is 0 Å². The number of aromatic amines is 1. The summed E-state index contributed by atoms with van der Waals surface area (Å²) in [6, 6.07) is 2.42. The van der Waals surface area contributed by atoms with E-state index in [1.807, 2.05) is 0 Å². The molecule has 0 fully saturated rings. The number of hydrogen-bond donors (Lipinski definition) is 1. The molecule has 0 atom stereocenters. The van der Waals surface area contributed by atoms with Crippen LogP contribution in [-0.4, -0.2) is 10.2 Å². The normalized spacial score (nSPS) is 12.3. The molecule has 0 spiro atoms. The second-order valence-corrected chi connectivity index (χ2v) is 3.64. The van der Waals surface area contributed by atoms with Gasteiger partial charge in [0.1, 0.15) is 0 Å². The van der Waals surface area contributed by atoms with Crippen molar-refractivity contribution in [3.8, 4) is 0 Å². The van der Waals surface area contributed by atoms with E-state index in [-0.39, 0.29) is 4.47 Å². The van der Waals surface area contributed by atoms with Crippen molar-refractivity contribution in [2.75, 3.05) is 0 Å². The summed E-state index contributed by atoms with van der Waals surface area (Å²) in [5, 5.41) is 6.69. The zero-order valence-corrected chi connectivity index (χ0v) is 8.28. The molecule has 0 saturated heterocycles. The van der Waals surface area contributed by atoms with E-state index >= 15 is 0 Å². The third kappa shape index (κ3) is 1.50. The predicted molar refractivity (Wildman–Crippen MR) is 48.8 cm³/mol. The summed E-state index contributed by atoms with van der Waals surface area (Å²) in [6.45, 7) is 0. The van der Waals surface area contributed by atoms with Gasteiger partial charge in [-0.25, -0.2) is 0 Å². The highest BCUT2D eigenvalue weighted by Crippen LogP contribution is 2.36. The molecule has 6 heteroatoms. The highest BCUT2D eigenvalue weighted by atomic mass is 79.9. The van der Waals surface area contributed by atoms with E-state index in [0.717, 1.165) is 6.07 Å². The van der Waals surface area contributed by atoms with Gasteiger partial charge in [0.2, 0.25) is 0 Å². The maximum atomic E-state index is 12.4. The third-order valence-electron chi connectivity index (χ3n) is 1.83. The minimum absolute atomic E-state index is 0.0155. The molecule has 1 aromatic carbocycles. The summed E-state index contributed by atoms with van der Waals surface area (Å²) >= 11 is 2.87. The van der Waals surface area contributed by atoms with E-state index in [1.165, 1.54) is 12.3 Å². The Morgan fingerprint density at radius 1 is 1.29 bits per heavy atom. The van der Waals surface area contributed by atoms with Crippen LogP contribution in [0.3, 0.4) is 0 Å². The van der Waals surface area contributed by atoms with Crippen molar-refractivity contribution in [3.05, 3.63) is 28.4 Å². The van der Waals surface area contributed by atoms with Crippen LogP contribution in [0.15, 0.2) is 22.8 Å². The molecule has 2 nitrogen and oxygen atoms in total. The number of aromatic nitrogens is 2. The molecule has 0 aliphatic rings. The molecule has 0 bridgehead atoms. The van der Waals surface area contributed by atoms with Crippen LogP contribution in [-0.2, 0) is 6.18 Å². The Hall–Kier alpha value is -1.04. The van der Waals surface area contributed by atoms with Crippen molar-refractivity contribution >= 4 is 26.8 Å². The Labute approximate surface area is 85.2 Å². The topological polar surface area (TPSA) is 28.7 Å². The molecule has 1 N–H and O–H groups in total. The van der Waals surface area contributed by atoms with Crippen LogP contribution in [0.4, 0.5) is 13.2 Å². The van der Waals surface area contributed by atoms with E-state index in [2.05, 4.69) is 26.1 Å². The smallest absolute Gasteiger partial charge is 0.278 e. The number of H-pyrrole nitrogens is 1. The van der Waals surface area contributed by atoms with Gasteiger partial charge in [-0.2, -0.15) is 18.3 Å². The molecule has 1 heterocycles. The minimum atomic E-state index is -4.34. The summed E-state index contributed by atoms with van der Waals surface area (Å²) in [5.41, 5.74) is -0.115. The quantitative estimate of drug-likeness (QED) is 0.777. The molecule has 1 aromatic heterocycles. The fraction of sp³-hybridized carbons (Fsp3) is 0.125. The molecule has 14 heavy (non-hydrogen) atoms. The lowest BCUT2D eigenvalue weighted by molar-refractivity contribution is -0.138. The Kier molecular flexibility index (Phi) is 2.02. The molecular formula is C8H4BrF3N2. The van der Waals surface area contributed by atoms with E-state index in [1.54, 1.807) is 0 Å². The molecule has 2 rings (SSSR count). The fourth-order valence-electron chi connectivity index (χ4n) is 1.18. The lowest BCUT2D eigenvalue weighted by Crippen LogP contribution is -2.05. The predicted octanol–water partition coefficient (Wildman–Crippen LogP) is 3.34. The molecule has 0 aliphatic carbocycles. The van der Waals surface area contributed by atoms with Gasteiger partial charge in [-0.1, -0.05) is 15.9 Å². The van der Waals surface area contributed by atoms with Gasteiger partial charge in [0.05, 0.1) is 17.3 Å². The SMILES string of the molecule is FC(F)(F)c1cc2cn[nH]c2cc1Br. The van der Waals surface area contributed by atoms with Crippen molar-refractivity contribution in [2.45, 2.75) is 6.18 Å². The minimum Gasteiger partial charge on any atom is -0.278 e. The van der Waals surface area contributed by atoms with Crippen LogP contribution in [0.1, 0.15) is 5.56 Å². The number of hydrogen-bond acceptors (Lipinski definition) is 1. The number of alkyl halides is 3. The first-order valence-electron chi connectivity index (χ1n) is 3.68. The lowest BCUT2D eigenvalue weighted by atomic mass is 10.1. The highest BCUT2D eigenvalue weighted by Gasteiger charge is 2.33. The van der Waals surface area contributed by atoms with Gasteiger partial charge in [-0.3, -0.25) is 5.10 Å². The first kappa shape index (κ1) is 9.51. The van der Waals surface area contributed by atoms with Crippen molar-refractivity contribution in [1.82, 2.24) is 10.2 Å². The summed E-state index contributed by atoms with van der Waals surface area (Å²) in [5.74, 6) is 0. The van der Waals surface area contributed by atoms with Gasteiger partial charge < -0.3 is 0 Å². The Morgan fingerprint density at radius 2 is 2.00 bits per heavy atom. The van der Waals surface area contributed by atoms with Crippen molar-refractivity contribution < 1.29 is 13.2 Å². The van der Waals surface area contributed by atoms with Crippen LogP contribution in [0, 0.1) is 0 Å². The van der Waals surface area contributed by atoms with Crippen molar-refractivity contribution in [2.24, 2.45) is 0 Å². The van der Waals surface area contributed by atoms with Crippen LogP contribution in [0.5, 0.6) is 0 Å². The second kappa shape index (κ2) is 2.98. The van der Waals surface area contributed by atoms with E-state index in [0.29, 0.717) is 10.9 Å². The number of nitrogens with one attached hydrogen (secondary N) is 1. The molecule has 0 saturated carbocycles. The molecule has 2 aromatic rings. The van der Waals surface area contributed by atoms with Gasteiger partial charge in [-0.15, -0.1) is 0 Å². The average molecular weight is 265 g/mol.